The van der Waals surface area contributed by atoms with Crippen LogP contribution in [0.25, 0.3) is 0 Å². The van der Waals surface area contributed by atoms with E-state index in [0.717, 1.165) is 6.07 Å². The second-order valence-corrected chi connectivity index (χ2v) is 2.71. The molecule has 0 spiro atoms. The molecular weight excluding hydrogens is 185 g/mol. The number of hydrogen-bond donors (Lipinski definition) is 0. The maximum absolute atomic E-state index is 12.8. The first-order valence-corrected chi connectivity index (χ1v) is 3.50. The van der Waals surface area contributed by atoms with Crippen LogP contribution in [0.4, 0.5) is 10.1 Å². The van der Waals surface area contributed by atoms with Crippen molar-refractivity contribution < 1.29 is 9.31 Å². The Morgan fingerprint density at radius 2 is 2.17 bits per heavy atom. The van der Waals surface area contributed by atoms with E-state index >= 15 is 0 Å². The van der Waals surface area contributed by atoms with Gasteiger partial charge in [0.05, 0.1) is 4.92 Å². The minimum atomic E-state index is -0.761. The fraction of sp³-hybridized carbons (Fsp3) is 0.143. The van der Waals surface area contributed by atoms with Crippen molar-refractivity contribution >= 4 is 17.3 Å². The van der Waals surface area contributed by atoms with Crippen molar-refractivity contribution in [3.8, 4) is 0 Å². The number of rotatable bonds is 1. The van der Waals surface area contributed by atoms with Gasteiger partial charge in [-0.25, -0.2) is 4.39 Å². The Labute approximate surface area is 72.9 Å². The summed E-state index contributed by atoms with van der Waals surface area (Å²) in [7, 11) is 0. The molecule has 1 aromatic rings. The third kappa shape index (κ3) is 1.53. The lowest BCUT2D eigenvalue weighted by Gasteiger charge is -1.97. The topological polar surface area (TPSA) is 43.1 Å². The van der Waals surface area contributed by atoms with Crippen LogP contribution in [0.2, 0.25) is 5.02 Å². The zero-order chi connectivity index (χ0) is 9.30. The van der Waals surface area contributed by atoms with Gasteiger partial charge in [0.2, 0.25) is 0 Å². The summed E-state index contributed by atoms with van der Waals surface area (Å²) < 4.78 is 12.8. The minimum Gasteiger partial charge on any atom is -0.258 e. The fourth-order valence-electron chi connectivity index (χ4n) is 0.839. The van der Waals surface area contributed by atoms with E-state index in [1.54, 1.807) is 6.92 Å². The van der Waals surface area contributed by atoms with Gasteiger partial charge in [0.25, 0.3) is 5.69 Å². The van der Waals surface area contributed by atoms with Crippen molar-refractivity contribution in [2.45, 2.75) is 6.92 Å². The van der Waals surface area contributed by atoms with Crippen LogP contribution in [0.15, 0.2) is 12.1 Å². The van der Waals surface area contributed by atoms with E-state index in [1.165, 1.54) is 6.07 Å². The lowest BCUT2D eigenvalue weighted by atomic mass is 10.2. The molecule has 0 saturated heterocycles. The number of hydrogen-bond acceptors (Lipinski definition) is 2. The monoisotopic (exact) mass is 189 g/mol. The zero-order valence-corrected chi connectivity index (χ0v) is 6.93. The molecule has 0 aromatic heterocycles. The molecule has 0 aliphatic rings. The van der Waals surface area contributed by atoms with Gasteiger partial charge in [0, 0.05) is 6.07 Å². The van der Waals surface area contributed by atoms with Crippen LogP contribution < -0.4 is 0 Å². The van der Waals surface area contributed by atoms with Crippen LogP contribution in [-0.2, 0) is 0 Å². The van der Waals surface area contributed by atoms with Crippen molar-refractivity contribution in [3.63, 3.8) is 0 Å². The third-order valence-electron chi connectivity index (χ3n) is 1.35. The van der Waals surface area contributed by atoms with Crippen molar-refractivity contribution in [1.82, 2.24) is 0 Å². The van der Waals surface area contributed by atoms with E-state index in [2.05, 4.69) is 0 Å². The fourth-order valence-corrected chi connectivity index (χ4v) is 1.02. The molecule has 0 bridgehead atoms. The van der Waals surface area contributed by atoms with Gasteiger partial charge in [0.15, 0.2) is 5.02 Å². The quantitative estimate of drug-likeness (QED) is 0.504. The van der Waals surface area contributed by atoms with E-state index in [0.29, 0.717) is 5.56 Å². The number of aryl methyl sites for hydroxylation is 1. The van der Waals surface area contributed by atoms with Gasteiger partial charge in [-0.05, 0) is 18.6 Å². The zero-order valence-electron chi connectivity index (χ0n) is 6.17. The molecule has 0 N–H and O–H groups in total. The summed E-state index contributed by atoms with van der Waals surface area (Å²) in [5.74, 6) is -0.761. The number of nitro groups is 1. The predicted octanol–water partition coefficient (Wildman–Crippen LogP) is 2.70. The number of benzene rings is 1. The molecule has 1 rings (SSSR count). The van der Waals surface area contributed by atoms with E-state index < -0.39 is 21.5 Å². The smallest absolute Gasteiger partial charge is 0.258 e. The molecule has 0 saturated carbocycles. The van der Waals surface area contributed by atoms with Crippen LogP contribution in [-0.4, -0.2) is 4.92 Å². The molecule has 0 aliphatic carbocycles. The average Bonchev–Trinajstić information content (AvgIpc) is 1.96. The lowest BCUT2D eigenvalue weighted by molar-refractivity contribution is -0.384. The van der Waals surface area contributed by atoms with Gasteiger partial charge in [-0.1, -0.05) is 11.6 Å². The molecule has 3 nitrogen and oxygen atoms in total. The minimum absolute atomic E-state index is 0.394. The molecule has 0 heterocycles. The number of nitrogens with zero attached hydrogens (tertiary/aromatic N) is 1. The summed E-state index contributed by atoms with van der Waals surface area (Å²) in [6.07, 6.45) is 0. The van der Waals surface area contributed by atoms with Gasteiger partial charge >= 0.3 is 0 Å². The first-order valence-electron chi connectivity index (χ1n) is 3.12. The van der Waals surface area contributed by atoms with Gasteiger partial charge < -0.3 is 0 Å². The first kappa shape index (κ1) is 8.93. The highest BCUT2D eigenvalue weighted by Gasteiger charge is 2.16. The highest BCUT2D eigenvalue weighted by Crippen LogP contribution is 2.27. The SMILES string of the molecule is Cc1cc(F)c(Cl)c([N+](=O)[O-])c1. The Hall–Kier alpha value is -1.16. The second kappa shape index (κ2) is 3.06. The maximum atomic E-state index is 12.8. The van der Waals surface area contributed by atoms with Crippen LogP contribution in [0.5, 0.6) is 0 Å². The third-order valence-corrected chi connectivity index (χ3v) is 1.72. The number of halogens is 2. The average molecular weight is 190 g/mol. The van der Waals surface area contributed by atoms with E-state index in [9.17, 15) is 14.5 Å². The van der Waals surface area contributed by atoms with E-state index in [-0.39, 0.29) is 0 Å². The Kier molecular flexibility index (Phi) is 2.28. The Balaban J connectivity index is 3.37. The van der Waals surface area contributed by atoms with Crippen molar-refractivity contribution in [2.24, 2.45) is 0 Å². The largest absolute Gasteiger partial charge is 0.291 e. The summed E-state index contributed by atoms with van der Waals surface area (Å²) in [5, 5.41) is 9.84. The van der Waals surface area contributed by atoms with E-state index in [4.69, 9.17) is 11.6 Å². The van der Waals surface area contributed by atoms with Gasteiger partial charge in [-0.3, -0.25) is 10.1 Å². The van der Waals surface area contributed by atoms with Gasteiger partial charge in [-0.2, -0.15) is 0 Å². The molecule has 5 heteroatoms. The molecule has 0 fully saturated rings. The molecule has 0 unspecified atom stereocenters. The van der Waals surface area contributed by atoms with Crippen molar-refractivity contribution in [2.75, 3.05) is 0 Å². The lowest BCUT2D eigenvalue weighted by Crippen LogP contribution is -1.92. The molecule has 0 atom stereocenters. The Morgan fingerprint density at radius 3 is 2.67 bits per heavy atom. The van der Waals surface area contributed by atoms with Gasteiger partial charge in [0.1, 0.15) is 5.82 Å². The van der Waals surface area contributed by atoms with Crippen LogP contribution in [0.3, 0.4) is 0 Å². The predicted molar refractivity (Wildman–Crippen MR) is 42.8 cm³/mol. The van der Waals surface area contributed by atoms with Crippen molar-refractivity contribution in [1.29, 1.82) is 0 Å². The summed E-state index contributed by atoms with van der Waals surface area (Å²) in [4.78, 5) is 9.57. The highest BCUT2D eigenvalue weighted by atomic mass is 35.5. The first-order chi connectivity index (χ1) is 5.52. The maximum Gasteiger partial charge on any atom is 0.291 e. The summed E-state index contributed by atoms with van der Waals surface area (Å²) >= 11 is 5.34. The summed E-state index contributed by atoms with van der Waals surface area (Å²) in [5.41, 5.74) is 0.0813. The molecule has 12 heavy (non-hydrogen) atoms. The Morgan fingerprint density at radius 1 is 1.58 bits per heavy atom. The molecule has 0 amide bonds. The highest BCUT2D eigenvalue weighted by molar-refractivity contribution is 6.32. The standard InChI is InChI=1S/C7H5ClFNO2/c1-4-2-5(9)7(8)6(3-4)10(11)12/h2-3H,1H3. The van der Waals surface area contributed by atoms with Crippen LogP contribution >= 0.6 is 11.6 Å². The van der Waals surface area contributed by atoms with E-state index in [1.807, 2.05) is 0 Å². The molecule has 1 aromatic carbocycles. The number of nitro benzene ring substituents is 1. The van der Waals surface area contributed by atoms with Crippen molar-refractivity contribution in [3.05, 3.63) is 38.7 Å². The second-order valence-electron chi connectivity index (χ2n) is 2.34. The summed E-state index contributed by atoms with van der Waals surface area (Å²) in [6, 6.07) is 2.38. The molecule has 0 aliphatic heterocycles. The summed E-state index contributed by atoms with van der Waals surface area (Å²) in [6.45, 7) is 1.56. The molecule has 64 valence electrons. The van der Waals surface area contributed by atoms with Crippen LogP contribution in [0.1, 0.15) is 5.56 Å². The van der Waals surface area contributed by atoms with Crippen LogP contribution in [0, 0.1) is 22.9 Å². The van der Waals surface area contributed by atoms with Gasteiger partial charge in [-0.15, -0.1) is 0 Å². The molecule has 0 radical (unpaired) electrons. The molecular formula is C7H5ClFNO2. The normalized spacial score (nSPS) is 9.92. The Bertz CT molecular complexity index is 340.